The van der Waals surface area contributed by atoms with Gasteiger partial charge in [0.1, 0.15) is 0 Å². The Bertz CT molecular complexity index is 377. The monoisotopic (exact) mass is 312 g/mol. The van der Waals surface area contributed by atoms with Gasteiger partial charge in [-0.1, -0.05) is 35.8 Å². The van der Waals surface area contributed by atoms with Crippen molar-refractivity contribution in [3.05, 3.63) is 28.2 Å². The van der Waals surface area contributed by atoms with Crippen LogP contribution < -0.4 is 10.2 Å². The lowest BCUT2D eigenvalue weighted by Crippen LogP contribution is -2.29. The van der Waals surface area contributed by atoms with Gasteiger partial charge in [-0.15, -0.1) is 0 Å². The van der Waals surface area contributed by atoms with Crippen molar-refractivity contribution in [3.63, 3.8) is 0 Å². The molecule has 0 amide bonds. The Morgan fingerprint density at radius 3 is 2.44 bits per heavy atom. The first-order chi connectivity index (χ1) is 8.49. The highest BCUT2D eigenvalue weighted by atomic mass is 79.9. The fraction of sp³-hybridized carbons (Fsp3) is 0.600. The SMILES string of the molecule is CCN(CC(C)C)c1cc(Br)ccc1C(C)NC. The van der Waals surface area contributed by atoms with Crippen LogP contribution in [0.4, 0.5) is 5.69 Å². The molecule has 1 aromatic rings. The zero-order valence-electron chi connectivity index (χ0n) is 12.1. The third kappa shape index (κ3) is 3.99. The molecule has 0 aliphatic carbocycles. The molecule has 0 saturated heterocycles. The van der Waals surface area contributed by atoms with Gasteiger partial charge in [0, 0.05) is 29.3 Å². The smallest absolute Gasteiger partial charge is 0.0425 e. The molecule has 2 nitrogen and oxygen atoms in total. The van der Waals surface area contributed by atoms with Crippen molar-refractivity contribution in [1.29, 1.82) is 0 Å². The van der Waals surface area contributed by atoms with Crippen molar-refractivity contribution in [2.45, 2.75) is 33.7 Å². The standard InChI is InChI=1S/C15H25BrN2/c1-6-18(10-11(2)3)15-9-13(16)7-8-14(15)12(4)17-5/h7-9,11-12,17H,6,10H2,1-5H3. The first kappa shape index (κ1) is 15.5. The molecule has 0 radical (unpaired) electrons. The summed E-state index contributed by atoms with van der Waals surface area (Å²) >= 11 is 3.58. The van der Waals surface area contributed by atoms with Gasteiger partial charge < -0.3 is 10.2 Å². The second-order valence-electron chi connectivity index (χ2n) is 5.15. The van der Waals surface area contributed by atoms with E-state index in [9.17, 15) is 0 Å². The molecule has 0 saturated carbocycles. The summed E-state index contributed by atoms with van der Waals surface area (Å²) in [7, 11) is 2.01. The predicted molar refractivity (Wildman–Crippen MR) is 84.3 cm³/mol. The fourth-order valence-corrected chi connectivity index (χ4v) is 2.50. The van der Waals surface area contributed by atoms with Gasteiger partial charge in [-0.2, -0.15) is 0 Å². The van der Waals surface area contributed by atoms with Crippen molar-refractivity contribution in [2.24, 2.45) is 5.92 Å². The summed E-state index contributed by atoms with van der Waals surface area (Å²) in [5.74, 6) is 0.668. The second-order valence-corrected chi connectivity index (χ2v) is 6.06. The van der Waals surface area contributed by atoms with Crippen LogP contribution in [0.2, 0.25) is 0 Å². The van der Waals surface area contributed by atoms with Gasteiger partial charge in [0.15, 0.2) is 0 Å². The molecule has 102 valence electrons. The minimum atomic E-state index is 0.370. The molecule has 3 heteroatoms. The summed E-state index contributed by atoms with van der Waals surface area (Å²) < 4.78 is 1.15. The summed E-state index contributed by atoms with van der Waals surface area (Å²) in [6, 6.07) is 6.93. The van der Waals surface area contributed by atoms with Crippen LogP contribution in [0.15, 0.2) is 22.7 Å². The Kier molecular flexibility index (Phi) is 6.16. The van der Waals surface area contributed by atoms with Gasteiger partial charge in [0.25, 0.3) is 0 Å². The Hall–Kier alpha value is -0.540. The highest BCUT2D eigenvalue weighted by Crippen LogP contribution is 2.30. The van der Waals surface area contributed by atoms with Gasteiger partial charge in [-0.3, -0.25) is 0 Å². The molecule has 0 heterocycles. The molecular formula is C15H25BrN2. The van der Waals surface area contributed by atoms with Crippen LogP contribution in [0.25, 0.3) is 0 Å². The summed E-state index contributed by atoms with van der Waals surface area (Å²) in [5.41, 5.74) is 2.70. The second kappa shape index (κ2) is 7.15. The van der Waals surface area contributed by atoms with Crippen molar-refractivity contribution in [2.75, 3.05) is 25.0 Å². The van der Waals surface area contributed by atoms with Crippen LogP contribution in [0.5, 0.6) is 0 Å². The largest absolute Gasteiger partial charge is 0.371 e. The summed E-state index contributed by atoms with van der Waals surface area (Å²) in [5, 5.41) is 3.33. The Morgan fingerprint density at radius 1 is 1.28 bits per heavy atom. The average molecular weight is 313 g/mol. The van der Waals surface area contributed by atoms with E-state index in [1.54, 1.807) is 0 Å². The zero-order chi connectivity index (χ0) is 13.7. The van der Waals surface area contributed by atoms with Crippen molar-refractivity contribution in [3.8, 4) is 0 Å². The lowest BCUT2D eigenvalue weighted by atomic mass is 10.0. The normalized spacial score (nSPS) is 12.8. The third-order valence-corrected chi connectivity index (χ3v) is 3.69. The number of hydrogen-bond acceptors (Lipinski definition) is 2. The number of benzene rings is 1. The highest BCUT2D eigenvalue weighted by Gasteiger charge is 2.15. The number of hydrogen-bond donors (Lipinski definition) is 1. The minimum absolute atomic E-state index is 0.370. The maximum Gasteiger partial charge on any atom is 0.0425 e. The van der Waals surface area contributed by atoms with Gasteiger partial charge >= 0.3 is 0 Å². The van der Waals surface area contributed by atoms with E-state index in [2.05, 4.69) is 72.0 Å². The quantitative estimate of drug-likeness (QED) is 0.846. The molecule has 1 aromatic carbocycles. The maximum atomic E-state index is 3.58. The Labute approximate surface area is 120 Å². The van der Waals surface area contributed by atoms with Crippen LogP contribution in [0, 0.1) is 5.92 Å². The Balaban J connectivity index is 3.13. The van der Waals surface area contributed by atoms with E-state index in [0.29, 0.717) is 12.0 Å². The summed E-state index contributed by atoms with van der Waals surface area (Å²) in [6.07, 6.45) is 0. The number of halogens is 1. The van der Waals surface area contributed by atoms with Crippen LogP contribution in [-0.4, -0.2) is 20.1 Å². The van der Waals surface area contributed by atoms with E-state index in [4.69, 9.17) is 0 Å². The molecule has 0 aliphatic heterocycles. The van der Waals surface area contributed by atoms with E-state index >= 15 is 0 Å². The first-order valence-electron chi connectivity index (χ1n) is 6.71. The number of nitrogens with one attached hydrogen (secondary N) is 1. The van der Waals surface area contributed by atoms with Gasteiger partial charge in [0.2, 0.25) is 0 Å². The van der Waals surface area contributed by atoms with E-state index in [1.165, 1.54) is 11.3 Å². The fourth-order valence-electron chi connectivity index (χ4n) is 2.15. The van der Waals surface area contributed by atoms with Crippen molar-refractivity contribution in [1.82, 2.24) is 5.32 Å². The lowest BCUT2D eigenvalue weighted by Gasteiger charge is -2.29. The summed E-state index contributed by atoms with van der Waals surface area (Å²) in [6.45, 7) is 11.1. The molecule has 1 rings (SSSR count). The van der Waals surface area contributed by atoms with Crippen LogP contribution in [0.3, 0.4) is 0 Å². The molecule has 1 unspecified atom stereocenters. The van der Waals surface area contributed by atoms with Crippen molar-refractivity contribution >= 4 is 21.6 Å². The lowest BCUT2D eigenvalue weighted by molar-refractivity contribution is 0.606. The van der Waals surface area contributed by atoms with Crippen LogP contribution in [-0.2, 0) is 0 Å². The van der Waals surface area contributed by atoms with Gasteiger partial charge in [-0.25, -0.2) is 0 Å². The molecule has 0 bridgehead atoms. The number of rotatable bonds is 6. The number of anilines is 1. The summed E-state index contributed by atoms with van der Waals surface area (Å²) in [4.78, 5) is 2.46. The molecule has 0 fully saturated rings. The van der Waals surface area contributed by atoms with Crippen molar-refractivity contribution < 1.29 is 0 Å². The maximum absolute atomic E-state index is 3.58. The van der Waals surface area contributed by atoms with E-state index < -0.39 is 0 Å². The molecular weight excluding hydrogens is 288 g/mol. The minimum Gasteiger partial charge on any atom is -0.371 e. The highest BCUT2D eigenvalue weighted by molar-refractivity contribution is 9.10. The van der Waals surface area contributed by atoms with Crippen LogP contribution in [0.1, 0.15) is 39.3 Å². The molecule has 0 aliphatic rings. The van der Waals surface area contributed by atoms with E-state index in [1.807, 2.05) is 7.05 Å². The number of nitrogens with zero attached hydrogens (tertiary/aromatic N) is 1. The zero-order valence-corrected chi connectivity index (χ0v) is 13.7. The molecule has 0 spiro atoms. The average Bonchev–Trinajstić information content (AvgIpc) is 2.34. The Morgan fingerprint density at radius 2 is 1.94 bits per heavy atom. The third-order valence-electron chi connectivity index (χ3n) is 3.20. The topological polar surface area (TPSA) is 15.3 Å². The predicted octanol–water partition coefficient (Wildman–Crippen LogP) is 4.21. The molecule has 0 aromatic heterocycles. The molecule has 1 atom stereocenters. The van der Waals surface area contributed by atoms with E-state index in [-0.39, 0.29) is 0 Å². The first-order valence-corrected chi connectivity index (χ1v) is 7.50. The molecule has 18 heavy (non-hydrogen) atoms. The molecule has 1 N–H and O–H groups in total. The van der Waals surface area contributed by atoms with Gasteiger partial charge in [0.05, 0.1) is 0 Å². The van der Waals surface area contributed by atoms with Crippen LogP contribution >= 0.6 is 15.9 Å². The van der Waals surface area contributed by atoms with E-state index in [0.717, 1.165) is 17.6 Å². The van der Waals surface area contributed by atoms with Gasteiger partial charge in [-0.05, 0) is 44.5 Å².